The summed E-state index contributed by atoms with van der Waals surface area (Å²) in [7, 11) is 0. The van der Waals surface area contributed by atoms with Gasteiger partial charge in [0.1, 0.15) is 0 Å². The van der Waals surface area contributed by atoms with Crippen molar-refractivity contribution < 1.29 is 4.79 Å². The van der Waals surface area contributed by atoms with Crippen molar-refractivity contribution in [3.63, 3.8) is 0 Å². The maximum absolute atomic E-state index is 10.8. The number of hydrogen-bond donors (Lipinski definition) is 1. The Labute approximate surface area is 90.1 Å². The van der Waals surface area contributed by atoms with Crippen LogP contribution in [0.25, 0.3) is 10.1 Å². The van der Waals surface area contributed by atoms with E-state index in [0.29, 0.717) is 10.6 Å². The van der Waals surface area contributed by atoms with E-state index in [2.05, 4.69) is 0 Å². The van der Waals surface area contributed by atoms with Crippen molar-refractivity contribution in [2.45, 2.75) is 4.90 Å². The molecule has 0 bridgehead atoms. The first-order valence-corrected chi connectivity index (χ1v) is 6.11. The zero-order valence-corrected chi connectivity index (χ0v) is 9.24. The van der Waals surface area contributed by atoms with Gasteiger partial charge >= 0.3 is 0 Å². The largest absolute Gasteiger partial charge is 0.390 e. The van der Waals surface area contributed by atoms with Gasteiger partial charge in [-0.1, -0.05) is 0 Å². The maximum Gasteiger partial charge on any atom is 0.153 e. The molecule has 14 heavy (non-hydrogen) atoms. The molecule has 2 aromatic rings. The van der Waals surface area contributed by atoms with E-state index in [-0.39, 0.29) is 0 Å². The summed E-state index contributed by atoms with van der Waals surface area (Å²) in [5.74, 6) is 0. The SMILES string of the molecule is CSc1ccc2sc(N)c(C=O)c2c1. The lowest BCUT2D eigenvalue weighted by molar-refractivity contribution is 0.112. The van der Waals surface area contributed by atoms with Crippen molar-refractivity contribution in [2.75, 3.05) is 12.0 Å². The van der Waals surface area contributed by atoms with E-state index in [1.807, 2.05) is 24.5 Å². The predicted molar refractivity (Wildman–Crippen MR) is 63.4 cm³/mol. The molecule has 2 rings (SSSR count). The second-order valence-electron chi connectivity index (χ2n) is 2.86. The third-order valence-electron chi connectivity index (χ3n) is 2.08. The predicted octanol–water partition coefficient (Wildman–Crippen LogP) is 3.02. The van der Waals surface area contributed by atoms with Gasteiger partial charge in [-0.15, -0.1) is 23.1 Å². The maximum atomic E-state index is 10.8. The van der Waals surface area contributed by atoms with Gasteiger partial charge in [0, 0.05) is 15.0 Å². The topological polar surface area (TPSA) is 43.1 Å². The molecule has 1 aromatic heterocycles. The number of benzene rings is 1. The number of anilines is 1. The van der Waals surface area contributed by atoms with E-state index >= 15 is 0 Å². The molecule has 0 saturated heterocycles. The Morgan fingerprint density at radius 3 is 2.93 bits per heavy atom. The number of fused-ring (bicyclic) bond motifs is 1. The van der Waals surface area contributed by atoms with Crippen LogP contribution >= 0.6 is 23.1 Å². The van der Waals surface area contributed by atoms with Gasteiger partial charge in [0.15, 0.2) is 6.29 Å². The van der Waals surface area contributed by atoms with Crippen LogP contribution in [0.5, 0.6) is 0 Å². The summed E-state index contributed by atoms with van der Waals surface area (Å²) in [4.78, 5) is 12.0. The Balaban J connectivity index is 2.77. The molecule has 0 radical (unpaired) electrons. The standard InChI is InChI=1S/C10H9NOS2/c1-13-6-2-3-9-7(4-6)8(5-12)10(11)14-9/h2-5H,11H2,1H3. The molecule has 1 heterocycles. The Morgan fingerprint density at radius 2 is 2.29 bits per heavy atom. The second-order valence-corrected chi connectivity index (χ2v) is 4.82. The van der Waals surface area contributed by atoms with Gasteiger partial charge in [0.2, 0.25) is 0 Å². The van der Waals surface area contributed by atoms with Crippen molar-refractivity contribution >= 4 is 44.5 Å². The van der Waals surface area contributed by atoms with Crippen LogP contribution in [0.4, 0.5) is 5.00 Å². The lowest BCUT2D eigenvalue weighted by atomic mass is 10.2. The van der Waals surface area contributed by atoms with Crippen molar-refractivity contribution in [3.8, 4) is 0 Å². The van der Waals surface area contributed by atoms with E-state index in [0.717, 1.165) is 21.3 Å². The van der Waals surface area contributed by atoms with Gasteiger partial charge in [0.25, 0.3) is 0 Å². The number of thiophene rings is 1. The molecular weight excluding hydrogens is 214 g/mol. The average molecular weight is 223 g/mol. The Kier molecular flexibility index (Phi) is 2.48. The highest BCUT2D eigenvalue weighted by Gasteiger charge is 2.08. The van der Waals surface area contributed by atoms with Gasteiger partial charge in [-0.2, -0.15) is 0 Å². The monoisotopic (exact) mass is 223 g/mol. The summed E-state index contributed by atoms with van der Waals surface area (Å²) in [5.41, 5.74) is 6.36. The summed E-state index contributed by atoms with van der Waals surface area (Å²) in [6.45, 7) is 0. The molecule has 0 saturated carbocycles. The smallest absolute Gasteiger partial charge is 0.153 e. The number of carbonyl (C=O) groups excluding carboxylic acids is 1. The molecule has 0 spiro atoms. The highest BCUT2D eigenvalue weighted by atomic mass is 32.2. The zero-order chi connectivity index (χ0) is 10.1. The van der Waals surface area contributed by atoms with Crippen LogP contribution in [-0.2, 0) is 0 Å². The van der Waals surface area contributed by atoms with Gasteiger partial charge in [-0.25, -0.2) is 0 Å². The van der Waals surface area contributed by atoms with Crippen molar-refractivity contribution in [1.29, 1.82) is 0 Å². The molecule has 0 amide bonds. The van der Waals surface area contributed by atoms with Crippen LogP contribution in [-0.4, -0.2) is 12.5 Å². The lowest BCUT2D eigenvalue weighted by Crippen LogP contribution is -1.85. The summed E-state index contributed by atoms with van der Waals surface area (Å²) in [6, 6.07) is 6.06. The van der Waals surface area contributed by atoms with E-state index in [9.17, 15) is 4.79 Å². The number of nitrogen functional groups attached to an aromatic ring is 1. The quantitative estimate of drug-likeness (QED) is 0.628. The van der Waals surface area contributed by atoms with E-state index in [1.165, 1.54) is 11.3 Å². The first kappa shape index (κ1) is 9.55. The van der Waals surface area contributed by atoms with Crippen LogP contribution in [0.3, 0.4) is 0 Å². The third kappa shape index (κ3) is 1.40. The Bertz CT molecular complexity index is 490. The molecule has 72 valence electrons. The number of hydrogen-bond acceptors (Lipinski definition) is 4. The molecule has 0 atom stereocenters. The summed E-state index contributed by atoms with van der Waals surface area (Å²) >= 11 is 3.12. The number of carbonyl (C=O) groups is 1. The van der Waals surface area contributed by atoms with Gasteiger partial charge in [-0.3, -0.25) is 4.79 Å². The number of thioether (sulfide) groups is 1. The van der Waals surface area contributed by atoms with Gasteiger partial charge < -0.3 is 5.73 Å². The highest BCUT2D eigenvalue weighted by molar-refractivity contribution is 7.98. The van der Waals surface area contributed by atoms with Gasteiger partial charge in [0.05, 0.1) is 10.6 Å². The molecule has 1 aromatic carbocycles. The fraction of sp³-hybridized carbons (Fsp3) is 0.100. The van der Waals surface area contributed by atoms with Crippen molar-refractivity contribution in [1.82, 2.24) is 0 Å². The molecule has 0 aliphatic rings. The van der Waals surface area contributed by atoms with Crippen molar-refractivity contribution in [3.05, 3.63) is 23.8 Å². The Hall–Kier alpha value is -1.00. The minimum atomic E-state index is 0.605. The number of nitrogens with two attached hydrogens (primary N) is 1. The molecule has 0 fully saturated rings. The summed E-state index contributed by atoms with van der Waals surface area (Å²) < 4.78 is 1.07. The number of aldehydes is 1. The van der Waals surface area contributed by atoms with Crippen molar-refractivity contribution in [2.24, 2.45) is 0 Å². The molecule has 0 aliphatic carbocycles. The van der Waals surface area contributed by atoms with Crippen LogP contribution in [0, 0.1) is 0 Å². The lowest BCUT2D eigenvalue weighted by Gasteiger charge is -1.95. The summed E-state index contributed by atoms with van der Waals surface area (Å²) in [6.07, 6.45) is 2.84. The fourth-order valence-electron chi connectivity index (χ4n) is 1.36. The zero-order valence-electron chi connectivity index (χ0n) is 7.61. The van der Waals surface area contributed by atoms with Crippen LogP contribution in [0.2, 0.25) is 0 Å². The molecule has 4 heteroatoms. The average Bonchev–Trinajstić information content (AvgIpc) is 2.52. The minimum absolute atomic E-state index is 0.605. The summed E-state index contributed by atoms with van der Waals surface area (Å²) in [5, 5.41) is 1.57. The van der Waals surface area contributed by atoms with Crippen LogP contribution in [0.15, 0.2) is 23.1 Å². The number of rotatable bonds is 2. The second kappa shape index (κ2) is 3.63. The van der Waals surface area contributed by atoms with Gasteiger partial charge in [-0.05, 0) is 24.5 Å². The molecule has 2 nitrogen and oxygen atoms in total. The fourth-order valence-corrected chi connectivity index (χ4v) is 2.72. The van der Waals surface area contributed by atoms with E-state index in [1.54, 1.807) is 11.8 Å². The normalized spacial score (nSPS) is 10.6. The first-order valence-electron chi connectivity index (χ1n) is 4.07. The first-order chi connectivity index (χ1) is 6.76. The molecule has 0 aliphatic heterocycles. The third-order valence-corrected chi connectivity index (χ3v) is 3.82. The molecule has 0 unspecified atom stereocenters. The molecular formula is C10H9NOS2. The van der Waals surface area contributed by atoms with Crippen LogP contribution in [0.1, 0.15) is 10.4 Å². The Morgan fingerprint density at radius 1 is 1.50 bits per heavy atom. The molecule has 2 N–H and O–H groups in total. The van der Waals surface area contributed by atoms with E-state index in [4.69, 9.17) is 5.73 Å². The highest BCUT2D eigenvalue weighted by Crippen LogP contribution is 2.34. The minimum Gasteiger partial charge on any atom is -0.390 e. The van der Waals surface area contributed by atoms with Crippen LogP contribution < -0.4 is 5.73 Å². The van der Waals surface area contributed by atoms with E-state index < -0.39 is 0 Å².